The van der Waals surface area contributed by atoms with Crippen LogP contribution in [0.25, 0.3) is 6.08 Å². The lowest BCUT2D eigenvalue weighted by atomic mass is 10.1. The molecule has 26 heavy (non-hydrogen) atoms. The first-order valence-electron chi connectivity index (χ1n) is 9.15. The second kappa shape index (κ2) is 8.68. The standard InChI is InChI=1S/C22H26N2O2/c1-18-7-3-4-9-20(18)17-23-13-15-24(16-14-23)22(25)12-11-19-8-5-6-10-21(19)26-2/h3-12H,13-17H2,1-2H3/p+1/b12-11+. The van der Waals surface area contributed by atoms with Crippen LogP contribution in [0.15, 0.2) is 54.6 Å². The summed E-state index contributed by atoms with van der Waals surface area (Å²) in [5, 5.41) is 0. The van der Waals surface area contributed by atoms with E-state index in [1.165, 1.54) is 16.0 Å². The molecule has 1 heterocycles. The van der Waals surface area contributed by atoms with Gasteiger partial charge >= 0.3 is 0 Å². The highest BCUT2D eigenvalue weighted by Gasteiger charge is 2.22. The predicted molar refractivity (Wildman–Crippen MR) is 104 cm³/mol. The van der Waals surface area contributed by atoms with Crippen molar-refractivity contribution in [2.24, 2.45) is 0 Å². The van der Waals surface area contributed by atoms with Crippen LogP contribution in [0.5, 0.6) is 5.75 Å². The van der Waals surface area contributed by atoms with Gasteiger partial charge in [0.25, 0.3) is 0 Å². The van der Waals surface area contributed by atoms with E-state index < -0.39 is 0 Å². The number of ether oxygens (including phenoxy) is 1. The number of para-hydroxylation sites is 1. The van der Waals surface area contributed by atoms with Gasteiger partial charge in [-0.15, -0.1) is 0 Å². The summed E-state index contributed by atoms with van der Waals surface area (Å²) in [6.45, 7) is 6.78. The van der Waals surface area contributed by atoms with E-state index in [1.54, 1.807) is 13.2 Å². The molecule has 0 radical (unpaired) electrons. The summed E-state index contributed by atoms with van der Waals surface area (Å²) in [7, 11) is 1.64. The minimum absolute atomic E-state index is 0.0749. The van der Waals surface area contributed by atoms with Gasteiger partial charge in [0.1, 0.15) is 12.3 Å². The number of aryl methyl sites for hydroxylation is 1. The SMILES string of the molecule is COc1ccccc1/C=C/C(=O)N1CC[NH+](Cc2ccccc2C)CC1. The third kappa shape index (κ3) is 4.52. The zero-order valence-corrected chi connectivity index (χ0v) is 15.6. The van der Waals surface area contributed by atoms with Crippen LogP contribution in [0.4, 0.5) is 0 Å². The van der Waals surface area contributed by atoms with Gasteiger partial charge in [0.15, 0.2) is 0 Å². The van der Waals surface area contributed by atoms with E-state index in [1.807, 2.05) is 35.2 Å². The number of amides is 1. The van der Waals surface area contributed by atoms with Gasteiger partial charge < -0.3 is 14.5 Å². The van der Waals surface area contributed by atoms with E-state index in [2.05, 4.69) is 31.2 Å². The van der Waals surface area contributed by atoms with Crippen molar-refractivity contribution >= 4 is 12.0 Å². The molecule has 2 aromatic carbocycles. The quantitative estimate of drug-likeness (QED) is 0.836. The lowest BCUT2D eigenvalue weighted by Gasteiger charge is -2.32. The average molecular weight is 351 g/mol. The number of carbonyl (C=O) groups is 1. The van der Waals surface area contributed by atoms with Crippen molar-refractivity contribution < 1.29 is 14.4 Å². The van der Waals surface area contributed by atoms with Gasteiger partial charge in [-0.2, -0.15) is 0 Å². The Labute approximate surface area is 155 Å². The summed E-state index contributed by atoms with van der Waals surface area (Å²) >= 11 is 0. The molecule has 0 aromatic heterocycles. The van der Waals surface area contributed by atoms with E-state index in [-0.39, 0.29) is 5.91 Å². The maximum Gasteiger partial charge on any atom is 0.246 e. The number of carbonyl (C=O) groups excluding carboxylic acids is 1. The van der Waals surface area contributed by atoms with Crippen molar-refractivity contribution in [3.63, 3.8) is 0 Å². The van der Waals surface area contributed by atoms with Gasteiger partial charge in [-0.3, -0.25) is 4.79 Å². The molecule has 136 valence electrons. The Balaban J connectivity index is 1.53. The van der Waals surface area contributed by atoms with Crippen LogP contribution in [0.3, 0.4) is 0 Å². The number of hydrogen-bond acceptors (Lipinski definition) is 2. The van der Waals surface area contributed by atoms with E-state index in [9.17, 15) is 4.79 Å². The second-order valence-electron chi connectivity index (χ2n) is 6.75. The normalized spacial score (nSPS) is 15.4. The first kappa shape index (κ1) is 18.2. The molecule has 0 aliphatic carbocycles. The van der Waals surface area contributed by atoms with Gasteiger partial charge in [0.2, 0.25) is 5.91 Å². The Morgan fingerprint density at radius 1 is 1.12 bits per heavy atom. The number of methoxy groups -OCH3 is 1. The first-order valence-corrected chi connectivity index (χ1v) is 9.15. The molecule has 1 saturated heterocycles. The first-order chi connectivity index (χ1) is 12.7. The second-order valence-corrected chi connectivity index (χ2v) is 6.75. The monoisotopic (exact) mass is 351 g/mol. The molecule has 3 rings (SSSR count). The van der Waals surface area contributed by atoms with Gasteiger partial charge in [0.05, 0.1) is 33.3 Å². The molecule has 4 nitrogen and oxygen atoms in total. The lowest BCUT2D eigenvalue weighted by Crippen LogP contribution is -3.13. The van der Waals surface area contributed by atoms with Crippen molar-refractivity contribution in [1.29, 1.82) is 0 Å². The van der Waals surface area contributed by atoms with E-state index in [0.29, 0.717) is 0 Å². The maximum atomic E-state index is 12.5. The molecule has 4 heteroatoms. The van der Waals surface area contributed by atoms with Gasteiger partial charge in [-0.1, -0.05) is 42.5 Å². The number of quaternary nitrogens is 1. The maximum absolute atomic E-state index is 12.5. The van der Waals surface area contributed by atoms with Crippen LogP contribution in [0.2, 0.25) is 0 Å². The minimum atomic E-state index is 0.0749. The van der Waals surface area contributed by atoms with E-state index >= 15 is 0 Å². The molecule has 1 fully saturated rings. The third-order valence-corrected chi connectivity index (χ3v) is 5.03. The Morgan fingerprint density at radius 2 is 1.81 bits per heavy atom. The smallest absolute Gasteiger partial charge is 0.246 e. The molecule has 0 bridgehead atoms. The van der Waals surface area contributed by atoms with Crippen LogP contribution in [0, 0.1) is 6.92 Å². The predicted octanol–water partition coefficient (Wildman–Crippen LogP) is 1.94. The average Bonchev–Trinajstić information content (AvgIpc) is 2.68. The minimum Gasteiger partial charge on any atom is -0.496 e. The molecule has 2 aromatic rings. The third-order valence-electron chi connectivity index (χ3n) is 5.03. The number of nitrogens with one attached hydrogen (secondary N) is 1. The summed E-state index contributed by atoms with van der Waals surface area (Å²) in [6, 6.07) is 16.3. The van der Waals surface area contributed by atoms with Crippen LogP contribution >= 0.6 is 0 Å². The Bertz CT molecular complexity index is 777. The zero-order valence-electron chi connectivity index (χ0n) is 15.6. The van der Waals surface area contributed by atoms with Crippen LogP contribution in [-0.2, 0) is 11.3 Å². The number of nitrogens with zero attached hydrogens (tertiary/aromatic N) is 1. The highest BCUT2D eigenvalue weighted by Crippen LogP contribution is 2.18. The molecule has 0 saturated carbocycles. The van der Waals surface area contributed by atoms with Gasteiger partial charge in [-0.25, -0.2) is 0 Å². The highest BCUT2D eigenvalue weighted by atomic mass is 16.5. The Kier molecular flexibility index (Phi) is 6.08. The molecular weight excluding hydrogens is 324 g/mol. The van der Waals surface area contributed by atoms with Crippen LogP contribution in [-0.4, -0.2) is 44.1 Å². The molecule has 0 spiro atoms. The number of piperazine rings is 1. The summed E-state index contributed by atoms with van der Waals surface area (Å²) in [4.78, 5) is 16.0. The fourth-order valence-electron chi connectivity index (χ4n) is 3.37. The number of hydrogen-bond donors (Lipinski definition) is 1. The van der Waals surface area contributed by atoms with Crippen molar-refractivity contribution in [3.05, 3.63) is 71.3 Å². The Hall–Kier alpha value is -2.59. The summed E-state index contributed by atoms with van der Waals surface area (Å²) in [6.07, 6.45) is 3.50. The highest BCUT2D eigenvalue weighted by molar-refractivity contribution is 5.92. The van der Waals surface area contributed by atoms with E-state index in [4.69, 9.17) is 4.74 Å². The lowest BCUT2D eigenvalue weighted by molar-refractivity contribution is -0.917. The van der Waals surface area contributed by atoms with Crippen LogP contribution < -0.4 is 9.64 Å². The summed E-state index contributed by atoms with van der Waals surface area (Å²) in [5.74, 6) is 0.856. The molecule has 1 N–H and O–H groups in total. The van der Waals surface area contributed by atoms with Crippen LogP contribution in [0.1, 0.15) is 16.7 Å². The summed E-state index contributed by atoms with van der Waals surface area (Å²) < 4.78 is 5.32. The zero-order chi connectivity index (χ0) is 18.4. The fourth-order valence-corrected chi connectivity index (χ4v) is 3.37. The van der Waals surface area contributed by atoms with Crippen molar-refractivity contribution in [1.82, 2.24) is 4.90 Å². The Morgan fingerprint density at radius 3 is 2.54 bits per heavy atom. The molecule has 0 unspecified atom stereocenters. The molecule has 1 aliphatic rings. The largest absolute Gasteiger partial charge is 0.496 e. The van der Waals surface area contributed by atoms with Gasteiger partial charge in [-0.05, 0) is 24.6 Å². The topological polar surface area (TPSA) is 34.0 Å². The fraction of sp³-hybridized carbons (Fsp3) is 0.318. The van der Waals surface area contributed by atoms with Crippen molar-refractivity contribution in [3.8, 4) is 5.75 Å². The molecule has 1 amide bonds. The van der Waals surface area contributed by atoms with Crippen molar-refractivity contribution in [2.45, 2.75) is 13.5 Å². The molecule has 0 atom stereocenters. The number of benzene rings is 2. The molecule has 1 aliphatic heterocycles. The van der Waals surface area contributed by atoms with Crippen molar-refractivity contribution in [2.75, 3.05) is 33.3 Å². The molecular formula is C22H27N2O2+. The van der Waals surface area contributed by atoms with E-state index in [0.717, 1.165) is 44.0 Å². The van der Waals surface area contributed by atoms with Gasteiger partial charge in [0, 0.05) is 17.2 Å². The number of rotatable bonds is 5. The summed E-state index contributed by atoms with van der Waals surface area (Å²) in [5.41, 5.74) is 3.67.